The van der Waals surface area contributed by atoms with E-state index in [0.29, 0.717) is 19.0 Å². The van der Waals surface area contributed by atoms with Crippen LogP contribution in [0.5, 0.6) is 0 Å². The molecule has 1 aliphatic carbocycles. The van der Waals surface area contributed by atoms with Crippen molar-refractivity contribution in [2.75, 3.05) is 19.6 Å². The van der Waals surface area contributed by atoms with E-state index in [1.54, 1.807) is 0 Å². The molecule has 0 saturated heterocycles. The van der Waals surface area contributed by atoms with Crippen molar-refractivity contribution in [1.29, 1.82) is 0 Å². The lowest BCUT2D eigenvalue weighted by Crippen LogP contribution is -2.39. The molecule has 0 spiro atoms. The maximum atomic E-state index is 12.1. The molecule has 0 aromatic carbocycles. The zero-order valence-electron chi connectivity index (χ0n) is 12.6. The quantitative estimate of drug-likeness (QED) is 0.385. The van der Waals surface area contributed by atoms with Crippen molar-refractivity contribution < 1.29 is 13.2 Å². The fourth-order valence-corrected chi connectivity index (χ4v) is 2.50. The monoisotopic (exact) mass is 421 g/mol. The van der Waals surface area contributed by atoms with E-state index in [2.05, 4.69) is 15.6 Å². The minimum atomic E-state index is -4.12. The Morgan fingerprint density at radius 3 is 2.38 bits per heavy atom. The third-order valence-corrected chi connectivity index (χ3v) is 3.58. The van der Waals surface area contributed by atoms with Gasteiger partial charge in [-0.15, -0.1) is 24.0 Å². The second kappa shape index (κ2) is 11.4. The van der Waals surface area contributed by atoms with Crippen molar-refractivity contribution in [2.45, 2.75) is 58.0 Å². The molecule has 21 heavy (non-hydrogen) atoms. The van der Waals surface area contributed by atoms with Crippen LogP contribution in [-0.4, -0.2) is 31.8 Å². The smallest absolute Gasteiger partial charge is 0.357 e. The first-order valence-corrected chi connectivity index (χ1v) is 7.60. The number of hydrogen-bond acceptors (Lipinski definition) is 1. The highest BCUT2D eigenvalue weighted by molar-refractivity contribution is 14.0. The van der Waals surface area contributed by atoms with E-state index >= 15 is 0 Å². The molecule has 0 aromatic heterocycles. The van der Waals surface area contributed by atoms with Gasteiger partial charge in [-0.05, 0) is 19.3 Å². The van der Waals surface area contributed by atoms with Crippen LogP contribution in [0.15, 0.2) is 4.99 Å². The van der Waals surface area contributed by atoms with Gasteiger partial charge in [-0.25, -0.2) is 0 Å². The topological polar surface area (TPSA) is 36.4 Å². The van der Waals surface area contributed by atoms with Crippen LogP contribution in [-0.2, 0) is 0 Å². The molecule has 0 aliphatic heterocycles. The molecule has 0 amide bonds. The summed E-state index contributed by atoms with van der Waals surface area (Å²) >= 11 is 0. The molecule has 0 atom stereocenters. The van der Waals surface area contributed by atoms with Gasteiger partial charge >= 0.3 is 6.18 Å². The Hall–Kier alpha value is -0.210. The van der Waals surface area contributed by atoms with Gasteiger partial charge in [0.05, 0.1) is 6.42 Å². The normalized spacial score (nSPS) is 17.2. The highest BCUT2D eigenvalue weighted by atomic mass is 127. The van der Waals surface area contributed by atoms with E-state index in [0.717, 1.165) is 12.3 Å². The summed E-state index contributed by atoms with van der Waals surface area (Å²) in [7, 11) is 0. The van der Waals surface area contributed by atoms with E-state index in [-0.39, 0.29) is 30.5 Å². The lowest BCUT2D eigenvalue weighted by atomic mass is 9.87. The summed E-state index contributed by atoms with van der Waals surface area (Å²) in [6.07, 6.45) is 2.57. The van der Waals surface area contributed by atoms with E-state index in [4.69, 9.17) is 0 Å². The molecule has 0 radical (unpaired) electrons. The van der Waals surface area contributed by atoms with Gasteiger partial charge < -0.3 is 10.6 Å². The molecular weight excluding hydrogens is 394 g/mol. The van der Waals surface area contributed by atoms with Crippen molar-refractivity contribution in [2.24, 2.45) is 10.9 Å². The molecule has 2 N–H and O–H groups in total. The number of nitrogens with zero attached hydrogens (tertiary/aromatic N) is 1. The summed E-state index contributed by atoms with van der Waals surface area (Å²) in [6, 6.07) is 0. The van der Waals surface area contributed by atoms with E-state index in [9.17, 15) is 13.2 Å². The van der Waals surface area contributed by atoms with E-state index in [1.165, 1.54) is 32.1 Å². The molecule has 0 unspecified atom stereocenters. The van der Waals surface area contributed by atoms with Crippen molar-refractivity contribution in [3.63, 3.8) is 0 Å². The van der Waals surface area contributed by atoms with Gasteiger partial charge in [0.15, 0.2) is 5.96 Å². The maximum Gasteiger partial charge on any atom is 0.390 e. The Morgan fingerprint density at radius 2 is 1.81 bits per heavy atom. The van der Waals surface area contributed by atoms with Gasteiger partial charge in [0.2, 0.25) is 0 Å². The zero-order valence-corrected chi connectivity index (χ0v) is 15.0. The van der Waals surface area contributed by atoms with E-state index < -0.39 is 12.6 Å². The lowest BCUT2D eigenvalue weighted by molar-refractivity contribution is -0.132. The van der Waals surface area contributed by atoms with Gasteiger partial charge in [-0.1, -0.05) is 32.1 Å². The van der Waals surface area contributed by atoms with Crippen LogP contribution in [0.1, 0.15) is 51.9 Å². The van der Waals surface area contributed by atoms with Crippen LogP contribution < -0.4 is 10.6 Å². The molecule has 1 rings (SSSR count). The molecule has 7 heteroatoms. The summed E-state index contributed by atoms with van der Waals surface area (Å²) in [5.41, 5.74) is 0. The van der Waals surface area contributed by atoms with E-state index in [1.807, 2.05) is 6.92 Å². The van der Waals surface area contributed by atoms with Crippen molar-refractivity contribution >= 4 is 29.9 Å². The average Bonchev–Trinajstić information content (AvgIpc) is 2.38. The summed E-state index contributed by atoms with van der Waals surface area (Å²) in [6.45, 7) is 3.12. The molecule has 0 heterocycles. The molecule has 0 aromatic rings. The predicted molar refractivity (Wildman–Crippen MR) is 91.3 cm³/mol. The van der Waals surface area contributed by atoms with Crippen LogP contribution in [0.4, 0.5) is 13.2 Å². The Balaban J connectivity index is 0.00000400. The summed E-state index contributed by atoms with van der Waals surface area (Å²) in [4.78, 5) is 4.35. The summed E-state index contributed by atoms with van der Waals surface area (Å²) in [5.74, 6) is 1.23. The van der Waals surface area contributed by atoms with Gasteiger partial charge in [0, 0.05) is 19.6 Å². The Bertz CT molecular complexity index is 290. The predicted octanol–water partition coefficient (Wildman–Crippen LogP) is 4.08. The highest BCUT2D eigenvalue weighted by Gasteiger charge is 2.26. The second-order valence-electron chi connectivity index (χ2n) is 5.35. The van der Waals surface area contributed by atoms with Gasteiger partial charge in [0.1, 0.15) is 0 Å². The standard InChI is InChI=1S/C14H26F3N3.HI/c1-2-18-13(20-11-9-14(15,16)17)19-10-8-12-6-4-3-5-7-12;/h12H,2-11H2,1H3,(H2,18,19,20);1H. The number of hydrogen-bond donors (Lipinski definition) is 2. The first kappa shape index (κ1) is 20.8. The second-order valence-corrected chi connectivity index (χ2v) is 5.35. The zero-order chi connectivity index (χ0) is 14.8. The minimum Gasteiger partial charge on any atom is -0.357 e. The fourth-order valence-electron chi connectivity index (χ4n) is 2.50. The van der Waals surface area contributed by atoms with Crippen molar-refractivity contribution in [3.8, 4) is 0 Å². The molecule has 126 valence electrons. The van der Waals surface area contributed by atoms with Gasteiger partial charge in [0.25, 0.3) is 0 Å². The molecule has 1 fully saturated rings. The number of rotatable bonds is 6. The SMILES string of the molecule is CCNC(=NCCC1CCCCC1)NCCC(F)(F)F.I. The third kappa shape index (κ3) is 11.1. The number of aliphatic imine (C=N–C) groups is 1. The number of alkyl halides is 3. The van der Waals surface area contributed by atoms with Crippen LogP contribution in [0.25, 0.3) is 0 Å². The van der Waals surface area contributed by atoms with Gasteiger partial charge in [-0.3, -0.25) is 4.99 Å². The van der Waals surface area contributed by atoms with Crippen molar-refractivity contribution in [1.82, 2.24) is 10.6 Å². The van der Waals surface area contributed by atoms with Crippen molar-refractivity contribution in [3.05, 3.63) is 0 Å². The lowest BCUT2D eigenvalue weighted by Gasteiger charge is -2.20. The Kier molecular flexibility index (Phi) is 11.3. The molecule has 3 nitrogen and oxygen atoms in total. The number of halogens is 4. The van der Waals surface area contributed by atoms with Gasteiger partial charge in [-0.2, -0.15) is 13.2 Å². The third-order valence-electron chi connectivity index (χ3n) is 3.58. The Labute approximate surface area is 142 Å². The van der Waals surface area contributed by atoms with Crippen LogP contribution >= 0.6 is 24.0 Å². The highest BCUT2D eigenvalue weighted by Crippen LogP contribution is 2.26. The maximum absolute atomic E-state index is 12.1. The van der Waals surface area contributed by atoms with Crippen LogP contribution in [0, 0.1) is 5.92 Å². The molecular formula is C14H27F3IN3. The Morgan fingerprint density at radius 1 is 1.14 bits per heavy atom. The summed E-state index contributed by atoms with van der Waals surface area (Å²) < 4.78 is 36.3. The van der Waals surface area contributed by atoms with Crippen LogP contribution in [0.2, 0.25) is 0 Å². The molecule has 1 saturated carbocycles. The minimum absolute atomic E-state index is 0. The fraction of sp³-hybridized carbons (Fsp3) is 0.929. The number of nitrogens with one attached hydrogen (secondary N) is 2. The van der Waals surface area contributed by atoms with Crippen LogP contribution in [0.3, 0.4) is 0 Å². The summed E-state index contributed by atoms with van der Waals surface area (Å²) in [5, 5.41) is 5.71. The molecule has 0 bridgehead atoms. The number of guanidine groups is 1. The largest absolute Gasteiger partial charge is 0.390 e. The first-order chi connectivity index (χ1) is 9.51. The average molecular weight is 421 g/mol. The molecule has 1 aliphatic rings. The first-order valence-electron chi connectivity index (χ1n) is 7.60.